The van der Waals surface area contributed by atoms with Crippen molar-refractivity contribution in [2.45, 2.75) is 13.8 Å². The van der Waals surface area contributed by atoms with Crippen molar-refractivity contribution in [2.75, 3.05) is 11.9 Å². The van der Waals surface area contributed by atoms with Gasteiger partial charge < -0.3 is 10.1 Å². The van der Waals surface area contributed by atoms with E-state index in [-0.39, 0.29) is 17.5 Å². The number of thiocarbonyl (C=S) groups is 1. The van der Waals surface area contributed by atoms with Crippen molar-refractivity contribution in [1.82, 2.24) is 10.9 Å². The Morgan fingerprint density at radius 3 is 2.62 bits per heavy atom. The highest BCUT2D eigenvalue weighted by Gasteiger charge is 2.05. The molecule has 0 aliphatic rings. The van der Waals surface area contributed by atoms with E-state index in [1.54, 1.807) is 6.07 Å². The number of carbonyl (C=O) groups excluding carboxylic acids is 1. The number of hydrogen-bond acceptors (Lipinski definition) is 3. The fourth-order valence-corrected chi connectivity index (χ4v) is 2.02. The van der Waals surface area contributed by atoms with E-state index >= 15 is 0 Å². The lowest BCUT2D eigenvalue weighted by Crippen LogP contribution is -2.45. The van der Waals surface area contributed by atoms with Gasteiger partial charge >= 0.3 is 0 Å². The molecule has 7 heteroatoms. The minimum Gasteiger partial charge on any atom is -0.484 e. The lowest BCUT2D eigenvalue weighted by Gasteiger charge is -2.13. The number of anilines is 1. The van der Waals surface area contributed by atoms with Crippen molar-refractivity contribution >= 4 is 28.9 Å². The van der Waals surface area contributed by atoms with Gasteiger partial charge in [-0.1, -0.05) is 12.1 Å². The van der Waals surface area contributed by atoms with Crippen LogP contribution in [0.1, 0.15) is 11.1 Å². The van der Waals surface area contributed by atoms with Crippen LogP contribution < -0.4 is 20.9 Å². The van der Waals surface area contributed by atoms with Crippen LogP contribution in [-0.4, -0.2) is 17.6 Å². The number of nitrogens with one attached hydrogen (secondary N) is 3. The van der Waals surface area contributed by atoms with Gasteiger partial charge in [-0.15, -0.1) is 0 Å². The minimum absolute atomic E-state index is 0.248. The van der Waals surface area contributed by atoms with E-state index in [0.717, 1.165) is 11.3 Å². The van der Waals surface area contributed by atoms with Crippen molar-refractivity contribution in [2.24, 2.45) is 0 Å². The second-order valence-electron chi connectivity index (χ2n) is 5.17. The van der Waals surface area contributed by atoms with Crippen molar-refractivity contribution in [3.63, 3.8) is 0 Å². The van der Waals surface area contributed by atoms with E-state index in [1.807, 2.05) is 32.0 Å². The third-order valence-electron chi connectivity index (χ3n) is 3.25. The Balaban J connectivity index is 1.74. The third-order valence-corrected chi connectivity index (χ3v) is 3.45. The highest BCUT2D eigenvalue weighted by atomic mass is 32.1. The number of hydrazine groups is 1. The molecule has 0 aliphatic carbocycles. The van der Waals surface area contributed by atoms with Crippen molar-refractivity contribution < 1.29 is 13.9 Å². The molecule has 0 aliphatic heterocycles. The number of benzene rings is 2. The topological polar surface area (TPSA) is 62.4 Å². The van der Waals surface area contributed by atoms with Crippen molar-refractivity contribution in [3.05, 3.63) is 59.4 Å². The number of amides is 1. The van der Waals surface area contributed by atoms with E-state index in [9.17, 15) is 9.18 Å². The first kappa shape index (κ1) is 17.7. The summed E-state index contributed by atoms with van der Waals surface area (Å²) in [6.45, 7) is 3.76. The van der Waals surface area contributed by atoms with Crippen LogP contribution in [0.5, 0.6) is 5.75 Å². The number of halogens is 1. The van der Waals surface area contributed by atoms with Crippen LogP contribution in [0, 0.1) is 19.7 Å². The Bertz CT molecular complexity index is 752. The summed E-state index contributed by atoms with van der Waals surface area (Å²) >= 11 is 5.10. The van der Waals surface area contributed by atoms with Gasteiger partial charge in [0.25, 0.3) is 5.91 Å². The van der Waals surface area contributed by atoms with Gasteiger partial charge in [-0.05, 0) is 61.5 Å². The molecule has 5 nitrogen and oxygen atoms in total. The summed E-state index contributed by atoms with van der Waals surface area (Å²) in [5, 5.41) is 3.21. The van der Waals surface area contributed by atoms with Crippen LogP contribution >= 0.6 is 12.2 Å². The Hall–Kier alpha value is -2.67. The molecule has 2 aromatic rings. The van der Waals surface area contributed by atoms with E-state index in [2.05, 4.69) is 16.2 Å². The zero-order valence-corrected chi connectivity index (χ0v) is 14.2. The molecule has 0 heterocycles. The maximum atomic E-state index is 13.0. The summed E-state index contributed by atoms with van der Waals surface area (Å²) in [7, 11) is 0. The van der Waals surface area contributed by atoms with E-state index < -0.39 is 11.7 Å². The SMILES string of the molecule is Cc1ccc(NC(=S)NNC(=O)COc2cccc(F)c2)cc1C. The monoisotopic (exact) mass is 347 g/mol. The van der Waals surface area contributed by atoms with Crippen molar-refractivity contribution in [3.8, 4) is 5.75 Å². The van der Waals surface area contributed by atoms with E-state index in [1.165, 1.54) is 23.8 Å². The Kier molecular flexibility index (Phi) is 6.08. The van der Waals surface area contributed by atoms with E-state index in [0.29, 0.717) is 0 Å². The average molecular weight is 347 g/mol. The Labute approximate surface area is 145 Å². The third kappa shape index (κ3) is 5.51. The van der Waals surface area contributed by atoms with Gasteiger partial charge in [0.15, 0.2) is 11.7 Å². The quantitative estimate of drug-likeness (QED) is 0.586. The molecule has 2 aromatic carbocycles. The first-order chi connectivity index (χ1) is 11.4. The van der Waals surface area contributed by atoms with Gasteiger partial charge in [-0.2, -0.15) is 0 Å². The van der Waals surface area contributed by atoms with Gasteiger partial charge in [0, 0.05) is 11.8 Å². The Morgan fingerprint density at radius 2 is 1.92 bits per heavy atom. The fourth-order valence-electron chi connectivity index (χ4n) is 1.85. The number of hydrogen-bond donors (Lipinski definition) is 3. The standard InChI is InChI=1S/C17H18FN3O2S/c1-11-6-7-14(8-12(11)2)19-17(24)21-20-16(22)10-23-15-5-3-4-13(18)9-15/h3-9H,10H2,1-2H3,(H,20,22)(H2,19,21,24). The summed E-state index contributed by atoms with van der Waals surface area (Å²) in [5.74, 6) is -0.589. The zero-order chi connectivity index (χ0) is 17.5. The molecule has 2 rings (SSSR count). The molecule has 0 unspecified atom stereocenters. The summed E-state index contributed by atoms with van der Waals surface area (Å²) in [4.78, 5) is 11.7. The molecule has 0 saturated carbocycles. The highest BCUT2D eigenvalue weighted by molar-refractivity contribution is 7.80. The minimum atomic E-state index is -0.441. The molecule has 3 N–H and O–H groups in total. The highest BCUT2D eigenvalue weighted by Crippen LogP contribution is 2.14. The van der Waals surface area contributed by atoms with Gasteiger partial charge in [0.05, 0.1) is 0 Å². The van der Waals surface area contributed by atoms with Crippen molar-refractivity contribution in [1.29, 1.82) is 0 Å². The summed E-state index contributed by atoms with van der Waals surface area (Å²) in [6.07, 6.45) is 0. The van der Waals surface area contributed by atoms with Crippen LogP contribution in [0.15, 0.2) is 42.5 Å². The molecule has 0 aromatic heterocycles. The maximum Gasteiger partial charge on any atom is 0.276 e. The molecular formula is C17H18FN3O2S. The number of aryl methyl sites for hydroxylation is 2. The normalized spacial score (nSPS) is 9.96. The Morgan fingerprint density at radius 1 is 1.12 bits per heavy atom. The fraction of sp³-hybridized carbons (Fsp3) is 0.176. The van der Waals surface area contributed by atoms with E-state index in [4.69, 9.17) is 17.0 Å². The molecule has 0 radical (unpaired) electrons. The number of rotatable bonds is 4. The first-order valence-corrected chi connectivity index (χ1v) is 7.66. The smallest absolute Gasteiger partial charge is 0.276 e. The molecule has 0 bridgehead atoms. The second kappa shape index (κ2) is 8.26. The zero-order valence-electron chi connectivity index (χ0n) is 13.4. The molecule has 0 saturated heterocycles. The number of ether oxygens (including phenoxy) is 1. The summed E-state index contributed by atoms with van der Waals surface area (Å²) < 4.78 is 18.2. The molecule has 0 fully saturated rings. The predicted octanol–water partition coefficient (Wildman–Crippen LogP) is 2.84. The van der Waals surface area contributed by atoms with Crippen LogP contribution in [0.3, 0.4) is 0 Å². The maximum absolute atomic E-state index is 13.0. The van der Waals surface area contributed by atoms with Crippen LogP contribution in [0.4, 0.5) is 10.1 Å². The molecular weight excluding hydrogens is 329 g/mol. The summed E-state index contributed by atoms with van der Waals surface area (Å²) in [5.41, 5.74) is 8.12. The van der Waals surface area contributed by atoms with Gasteiger partial charge in [0.2, 0.25) is 0 Å². The average Bonchev–Trinajstić information content (AvgIpc) is 2.54. The summed E-state index contributed by atoms with van der Waals surface area (Å²) in [6, 6.07) is 11.4. The molecule has 0 atom stereocenters. The lowest BCUT2D eigenvalue weighted by molar-refractivity contribution is -0.123. The van der Waals surface area contributed by atoms with Gasteiger partial charge in [-0.3, -0.25) is 15.6 Å². The van der Waals surface area contributed by atoms with Crippen LogP contribution in [-0.2, 0) is 4.79 Å². The molecule has 24 heavy (non-hydrogen) atoms. The van der Waals surface area contributed by atoms with Gasteiger partial charge in [0.1, 0.15) is 11.6 Å². The second-order valence-corrected chi connectivity index (χ2v) is 5.58. The molecule has 126 valence electrons. The molecule has 1 amide bonds. The largest absolute Gasteiger partial charge is 0.484 e. The first-order valence-electron chi connectivity index (χ1n) is 7.25. The lowest BCUT2D eigenvalue weighted by atomic mass is 10.1. The molecule has 0 spiro atoms. The number of carbonyl (C=O) groups is 1. The van der Waals surface area contributed by atoms with Crippen LogP contribution in [0.25, 0.3) is 0 Å². The van der Waals surface area contributed by atoms with Crippen LogP contribution in [0.2, 0.25) is 0 Å². The predicted molar refractivity (Wildman–Crippen MR) is 95.3 cm³/mol. The van der Waals surface area contributed by atoms with Gasteiger partial charge in [-0.25, -0.2) is 4.39 Å².